The van der Waals surface area contributed by atoms with E-state index >= 15 is 0 Å². The summed E-state index contributed by atoms with van der Waals surface area (Å²) in [4.78, 5) is 14.3. The highest BCUT2D eigenvalue weighted by atomic mass is 16.2. The number of amides is 1. The van der Waals surface area contributed by atoms with Gasteiger partial charge in [0.2, 0.25) is 0 Å². The lowest BCUT2D eigenvalue weighted by Gasteiger charge is -2.23. The van der Waals surface area contributed by atoms with Crippen molar-refractivity contribution in [1.29, 1.82) is 0 Å². The molecule has 2 aromatic carbocycles. The molecule has 0 spiro atoms. The molecule has 1 aliphatic rings. The monoisotopic (exact) mass is 333 g/mol. The molecule has 4 nitrogen and oxygen atoms in total. The van der Waals surface area contributed by atoms with Crippen molar-refractivity contribution in [2.24, 2.45) is 5.10 Å². The zero-order valence-corrected chi connectivity index (χ0v) is 15.1. The zero-order chi connectivity index (χ0) is 18.0. The van der Waals surface area contributed by atoms with Crippen LogP contribution in [0.4, 0.5) is 5.69 Å². The number of rotatable bonds is 3. The number of fused-ring (bicyclic) bond motifs is 1. The summed E-state index contributed by atoms with van der Waals surface area (Å²) in [6, 6.07) is 15.9. The predicted molar refractivity (Wildman–Crippen MR) is 103 cm³/mol. The van der Waals surface area contributed by atoms with Crippen LogP contribution in [0.1, 0.15) is 35.3 Å². The molecule has 0 bridgehead atoms. The van der Waals surface area contributed by atoms with E-state index in [4.69, 9.17) is 0 Å². The minimum atomic E-state index is -0.199. The fraction of sp³-hybridized carbons (Fsp3) is 0.238. The van der Waals surface area contributed by atoms with E-state index in [0.29, 0.717) is 5.56 Å². The minimum Gasteiger partial charge on any atom is -0.347 e. The number of anilines is 1. The van der Waals surface area contributed by atoms with Crippen LogP contribution < -0.4 is 10.3 Å². The lowest BCUT2D eigenvalue weighted by atomic mass is 9.84. The van der Waals surface area contributed by atoms with Gasteiger partial charge in [0.25, 0.3) is 5.91 Å². The first kappa shape index (κ1) is 17.0. The average molecular weight is 333 g/mol. The molecule has 2 aromatic rings. The molecule has 128 valence electrons. The summed E-state index contributed by atoms with van der Waals surface area (Å²) in [6.07, 6.45) is 3.60. The van der Waals surface area contributed by atoms with Crippen LogP contribution in [-0.2, 0) is 5.41 Å². The van der Waals surface area contributed by atoms with Gasteiger partial charge < -0.3 is 4.90 Å². The number of benzene rings is 2. The number of hydrazone groups is 1. The summed E-state index contributed by atoms with van der Waals surface area (Å²) in [7, 11) is 2.05. The van der Waals surface area contributed by atoms with E-state index in [0.717, 1.165) is 11.3 Å². The maximum absolute atomic E-state index is 12.2. The molecular formula is C21H23N3O. The lowest BCUT2D eigenvalue weighted by molar-refractivity contribution is 0.0954. The van der Waals surface area contributed by atoms with Crippen LogP contribution in [0.3, 0.4) is 0 Å². The first-order valence-corrected chi connectivity index (χ1v) is 8.36. The number of allylic oxidation sites excluding steroid dienone is 2. The largest absolute Gasteiger partial charge is 0.347 e. The maximum Gasteiger partial charge on any atom is 0.271 e. The molecule has 1 N–H and O–H groups in total. The van der Waals surface area contributed by atoms with Crippen molar-refractivity contribution >= 4 is 17.8 Å². The standard InChI is InChI=1S/C21H23N3O/c1-15-9-5-6-10-16(15)20(25)23-22-14-13-19-21(2,3)17-11-7-8-12-18(17)24(19)4/h5-14H,1-4H3,(H,23,25). The summed E-state index contributed by atoms with van der Waals surface area (Å²) in [6.45, 7) is 6.30. The van der Waals surface area contributed by atoms with Crippen molar-refractivity contribution in [3.8, 4) is 0 Å². The number of para-hydroxylation sites is 1. The molecule has 25 heavy (non-hydrogen) atoms. The quantitative estimate of drug-likeness (QED) is 0.681. The molecule has 0 atom stereocenters. The van der Waals surface area contributed by atoms with Gasteiger partial charge >= 0.3 is 0 Å². The number of likely N-dealkylation sites (N-methyl/N-ethyl adjacent to an activating group) is 1. The molecule has 0 saturated carbocycles. The first-order chi connectivity index (χ1) is 11.9. The minimum absolute atomic E-state index is 0.0998. The van der Waals surface area contributed by atoms with E-state index in [2.05, 4.69) is 54.5 Å². The first-order valence-electron chi connectivity index (χ1n) is 8.36. The molecule has 0 fully saturated rings. The van der Waals surface area contributed by atoms with Crippen LogP contribution in [-0.4, -0.2) is 19.2 Å². The topological polar surface area (TPSA) is 44.7 Å². The zero-order valence-electron chi connectivity index (χ0n) is 15.1. The van der Waals surface area contributed by atoms with Gasteiger partial charge in [0.05, 0.1) is 0 Å². The Kier molecular flexibility index (Phi) is 4.45. The molecule has 0 saturated heterocycles. The number of carbonyl (C=O) groups is 1. The van der Waals surface area contributed by atoms with E-state index in [1.54, 1.807) is 12.3 Å². The van der Waals surface area contributed by atoms with Crippen LogP contribution in [0, 0.1) is 6.92 Å². The Morgan fingerprint density at radius 3 is 2.52 bits per heavy atom. The number of carbonyl (C=O) groups excluding carboxylic acids is 1. The van der Waals surface area contributed by atoms with E-state index in [1.807, 2.05) is 37.3 Å². The Morgan fingerprint density at radius 2 is 1.80 bits per heavy atom. The Labute approximate surface area is 148 Å². The van der Waals surface area contributed by atoms with Crippen molar-refractivity contribution in [2.75, 3.05) is 11.9 Å². The van der Waals surface area contributed by atoms with Gasteiger partial charge in [-0.25, -0.2) is 5.43 Å². The van der Waals surface area contributed by atoms with Gasteiger partial charge in [-0.1, -0.05) is 50.2 Å². The fourth-order valence-electron chi connectivity index (χ4n) is 3.39. The Hall–Kier alpha value is -2.88. The fourth-order valence-corrected chi connectivity index (χ4v) is 3.39. The average Bonchev–Trinajstić information content (AvgIpc) is 2.79. The van der Waals surface area contributed by atoms with E-state index in [9.17, 15) is 4.79 Å². The van der Waals surface area contributed by atoms with Crippen molar-refractivity contribution in [3.05, 3.63) is 77.0 Å². The molecule has 1 heterocycles. The summed E-state index contributed by atoms with van der Waals surface area (Å²) >= 11 is 0. The summed E-state index contributed by atoms with van der Waals surface area (Å²) in [5.41, 5.74) is 7.70. The second-order valence-corrected chi connectivity index (χ2v) is 6.79. The molecule has 4 heteroatoms. The van der Waals surface area contributed by atoms with E-state index < -0.39 is 0 Å². The molecule has 1 amide bonds. The number of hydrogen-bond acceptors (Lipinski definition) is 3. The molecule has 0 unspecified atom stereocenters. The summed E-state index contributed by atoms with van der Waals surface area (Å²) in [5, 5.41) is 4.09. The normalized spacial score (nSPS) is 17.1. The van der Waals surface area contributed by atoms with Gasteiger partial charge in [0.1, 0.15) is 0 Å². The third kappa shape index (κ3) is 3.07. The van der Waals surface area contributed by atoms with E-state index in [1.165, 1.54) is 11.3 Å². The van der Waals surface area contributed by atoms with Crippen LogP contribution in [0.2, 0.25) is 0 Å². The molecule has 0 radical (unpaired) electrons. The number of nitrogens with zero attached hydrogens (tertiary/aromatic N) is 2. The van der Waals surface area contributed by atoms with Crippen LogP contribution >= 0.6 is 0 Å². The van der Waals surface area contributed by atoms with Crippen LogP contribution in [0.5, 0.6) is 0 Å². The second-order valence-electron chi connectivity index (χ2n) is 6.79. The van der Waals surface area contributed by atoms with Crippen LogP contribution in [0.15, 0.2) is 65.4 Å². The maximum atomic E-state index is 12.2. The Bertz CT molecular complexity index is 865. The highest BCUT2D eigenvalue weighted by Gasteiger charge is 2.37. The van der Waals surface area contributed by atoms with Gasteiger partial charge in [-0.15, -0.1) is 0 Å². The van der Waals surface area contributed by atoms with Gasteiger partial charge in [0.15, 0.2) is 0 Å². The number of hydrogen-bond donors (Lipinski definition) is 1. The smallest absolute Gasteiger partial charge is 0.271 e. The van der Waals surface area contributed by atoms with Gasteiger partial charge in [-0.3, -0.25) is 4.79 Å². The van der Waals surface area contributed by atoms with E-state index in [-0.39, 0.29) is 11.3 Å². The van der Waals surface area contributed by atoms with Gasteiger partial charge in [-0.05, 0) is 36.3 Å². The highest BCUT2D eigenvalue weighted by Crippen LogP contribution is 2.46. The highest BCUT2D eigenvalue weighted by molar-refractivity contribution is 5.96. The van der Waals surface area contributed by atoms with Crippen molar-refractivity contribution in [3.63, 3.8) is 0 Å². The number of nitrogens with one attached hydrogen (secondary N) is 1. The second kappa shape index (κ2) is 6.55. The lowest BCUT2D eigenvalue weighted by Crippen LogP contribution is -2.23. The van der Waals surface area contributed by atoms with Crippen molar-refractivity contribution in [1.82, 2.24) is 5.43 Å². The predicted octanol–water partition coefficient (Wildman–Crippen LogP) is 4.02. The van der Waals surface area contributed by atoms with Crippen molar-refractivity contribution < 1.29 is 4.79 Å². The third-order valence-corrected chi connectivity index (χ3v) is 4.80. The molecule has 1 aliphatic heterocycles. The van der Waals surface area contributed by atoms with Gasteiger partial charge in [0, 0.05) is 35.6 Å². The summed E-state index contributed by atoms with van der Waals surface area (Å²) < 4.78 is 0. The molecule has 0 aliphatic carbocycles. The molecule has 3 rings (SSSR count). The third-order valence-electron chi connectivity index (χ3n) is 4.80. The van der Waals surface area contributed by atoms with Crippen LogP contribution in [0.25, 0.3) is 0 Å². The number of aryl methyl sites for hydroxylation is 1. The Morgan fingerprint density at radius 1 is 1.12 bits per heavy atom. The summed E-state index contributed by atoms with van der Waals surface area (Å²) in [5.74, 6) is -0.199. The van der Waals surface area contributed by atoms with Gasteiger partial charge in [-0.2, -0.15) is 5.10 Å². The SMILES string of the molecule is Cc1ccccc1C(=O)NN=CC=C1N(C)c2ccccc2C1(C)C. The molecule has 0 aromatic heterocycles. The Balaban J connectivity index is 1.75. The molecular weight excluding hydrogens is 310 g/mol. The van der Waals surface area contributed by atoms with Crippen molar-refractivity contribution in [2.45, 2.75) is 26.2 Å².